The van der Waals surface area contributed by atoms with Crippen LogP contribution in [0.2, 0.25) is 0 Å². The zero-order chi connectivity index (χ0) is 21.4. The number of benzene rings is 4. The Balaban J connectivity index is 1.92. The third-order valence-electron chi connectivity index (χ3n) is 5.75. The van der Waals surface area contributed by atoms with E-state index in [-0.39, 0.29) is 5.97 Å². The standard InChI is InChI=1S/C28H22O3/c1-18-13-14-22-21(15-18)16-23(28(29)30-2)26-25(20-11-7-4-8-12-20)24(17-31-27(22)26)19-9-5-3-6-10-19/h3-16H,17H2,1-2H3. The third-order valence-corrected chi connectivity index (χ3v) is 5.75. The van der Waals surface area contributed by atoms with Crippen LogP contribution < -0.4 is 4.74 Å². The van der Waals surface area contributed by atoms with E-state index in [1.807, 2.05) is 49.4 Å². The van der Waals surface area contributed by atoms with Gasteiger partial charge in [-0.1, -0.05) is 84.4 Å². The Morgan fingerprint density at radius 2 is 1.55 bits per heavy atom. The molecule has 0 spiro atoms. The molecule has 4 aromatic carbocycles. The minimum atomic E-state index is -0.369. The lowest BCUT2D eigenvalue weighted by Crippen LogP contribution is -2.16. The third kappa shape index (κ3) is 3.28. The highest BCUT2D eigenvalue weighted by Crippen LogP contribution is 2.46. The number of carbonyl (C=O) groups is 1. The first-order valence-corrected chi connectivity index (χ1v) is 10.3. The zero-order valence-electron chi connectivity index (χ0n) is 17.5. The van der Waals surface area contributed by atoms with Gasteiger partial charge in [-0.2, -0.15) is 0 Å². The van der Waals surface area contributed by atoms with Gasteiger partial charge in [-0.25, -0.2) is 4.79 Å². The first-order chi connectivity index (χ1) is 15.2. The summed E-state index contributed by atoms with van der Waals surface area (Å²) in [4.78, 5) is 12.9. The number of fused-ring (bicyclic) bond motifs is 3. The number of esters is 1. The summed E-state index contributed by atoms with van der Waals surface area (Å²) in [5.74, 6) is 0.363. The molecule has 3 heteroatoms. The molecule has 152 valence electrons. The maximum Gasteiger partial charge on any atom is 0.338 e. The van der Waals surface area contributed by atoms with E-state index < -0.39 is 0 Å². The molecule has 0 N–H and O–H groups in total. The zero-order valence-corrected chi connectivity index (χ0v) is 17.5. The smallest absolute Gasteiger partial charge is 0.338 e. The average molecular weight is 406 g/mol. The SMILES string of the molecule is COC(=O)c1cc2cc(C)ccc2c2c1C(c1ccccc1)=C(c1ccccc1)CO2. The maximum absolute atomic E-state index is 12.9. The molecule has 3 nitrogen and oxygen atoms in total. The quantitative estimate of drug-likeness (QED) is 0.375. The van der Waals surface area contributed by atoms with Gasteiger partial charge in [-0.3, -0.25) is 0 Å². The normalized spacial score (nSPS) is 13.0. The number of carbonyl (C=O) groups excluding carboxylic acids is 1. The number of methoxy groups -OCH3 is 1. The molecular formula is C28H22O3. The minimum Gasteiger partial charge on any atom is -0.488 e. The summed E-state index contributed by atoms with van der Waals surface area (Å²) in [6.45, 7) is 2.47. The Bertz CT molecular complexity index is 1320. The fourth-order valence-electron chi connectivity index (χ4n) is 4.32. The Labute approximate surface area is 181 Å². The molecule has 0 saturated carbocycles. The molecule has 1 aliphatic heterocycles. The van der Waals surface area contributed by atoms with E-state index in [9.17, 15) is 4.79 Å². The van der Waals surface area contributed by atoms with Crippen molar-refractivity contribution in [2.24, 2.45) is 0 Å². The molecule has 1 heterocycles. The van der Waals surface area contributed by atoms with Crippen LogP contribution in [0.5, 0.6) is 5.75 Å². The Morgan fingerprint density at radius 1 is 0.871 bits per heavy atom. The monoisotopic (exact) mass is 406 g/mol. The molecule has 0 unspecified atom stereocenters. The Morgan fingerprint density at radius 3 is 2.23 bits per heavy atom. The molecule has 1 aliphatic rings. The number of ether oxygens (including phenoxy) is 2. The van der Waals surface area contributed by atoms with Gasteiger partial charge in [0, 0.05) is 22.1 Å². The second-order valence-corrected chi connectivity index (χ2v) is 7.72. The minimum absolute atomic E-state index is 0.369. The van der Waals surface area contributed by atoms with Gasteiger partial charge in [-0.15, -0.1) is 0 Å². The lowest BCUT2D eigenvalue weighted by molar-refractivity contribution is 0.0600. The summed E-state index contributed by atoms with van der Waals surface area (Å²) in [6, 6.07) is 28.5. The summed E-state index contributed by atoms with van der Waals surface area (Å²) in [5.41, 5.74) is 6.62. The first-order valence-electron chi connectivity index (χ1n) is 10.3. The van der Waals surface area contributed by atoms with Crippen LogP contribution in [0.4, 0.5) is 0 Å². The summed E-state index contributed by atoms with van der Waals surface area (Å²) < 4.78 is 11.6. The van der Waals surface area contributed by atoms with Crippen LogP contribution in [0.25, 0.3) is 21.9 Å². The van der Waals surface area contributed by atoms with Gasteiger partial charge in [0.15, 0.2) is 0 Å². The van der Waals surface area contributed by atoms with Crippen molar-refractivity contribution in [3.8, 4) is 5.75 Å². The maximum atomic E-state index is 12.9. The predicted molar refractivity (Wildman–Crippen MR) is 124 cm³/mol. The molecule has 31 heavy (non-hydrogen) atoms. The van der Waals surface area contributed by atoms with Gasteiger partial charge in [0.1, 0.15) is 12.4 Å². The molecule has 0 atom stereocenters. The molecule has 0 radical (unpaired) electrons. The van der Waals surface area contributed by atoms with Crippen molar-refractivity contribution in [1.82, 2.24) is 0 Å². The molecule has 0 bridgehead atoms. The van der Waals surface area contributed by atoms with Gasteiger partial charge in [0.25, 0.3) is 0 Å². The van der Waals surface area contributed by atoms with Crippen molar-refractivity contribution in [2.45, 2.75) is 6.92 Å². The molecule has 0 amide bonds. The van der Waals surface area contributed by atoms with Crippen molar-refractivity contribution >= 4 is 27.9 Å². The predicted octanol–water partition coefficient (Wildman–Crippen LogP) is 6.29. The fraction of sp³-hybridized carbons (Fsp3) is 0.107. The lowest BCUT2D eigenvalue weighted by atomic mass is 9.83. The van der Waals surface area contributed by atoms with E-state index in [4.69, 9.17) is 9.47 Å². The van der Waals surface area contributed by atoms with Crippen molar-refractivity contribution in [1.29, 1.82) is 0 Å². The first kappa shape index (κ1) is 19.1. The highest BCUT2D eigenvalue weighted by atomic mass is 16.5. The van der Waals surface area contributed by atoms with Crippen LogP contribution in [0.3, 0.4) is 0 Å². The van der Waals surface area contributed by atoms with E-state index in [0.29, 0.717) is 12.2 Å². The second-order valence-electron chi connectivity index (χ2n) is 7.72. The summed E-state index contributed by atoms with van der Waals surface area (Å²) in [5, 5.41) is 1.96. The van der Waals surface area contributed by atoms with E-state index in [1.165, 1.54) is 7.11 Å². The van der Waals surface area contributed by atoms with E-state index in [0.717, 1.165) is 49.9 Å². The van der Waals surface area contributed by atoms with Crippen molar-refractivity contribution in [2.75, 3.05) is 13.7 Å². The Hall–Kier alpha value is -3.85. The molecule has 0 aromatic heterocycles. The number of hydrogen-bond donors (Lipinski definition) is 0. The fourth-order valence-corrected chi connectivity index (χ4v) is 4.32. The van der Waals surface area contributed by atoms with Gasteiger partial charge in [0.05, 0.1) is 12.7 Å². The molecule has 0 saturated heterocycles. The summed E-state index contributed by atoms with van der Waals surface area (Å²) >= 11 is 0. The highest BCUT2D eigenvalue weighted by molar-refractivity contribution is 6.12. The van der Waals surface area contributed by atoms with Crippen LogP contribution in [0.15, 0.2) is 84.9 Å². The molecule has 0 aliphatic carbocycles. The van der Waals surface area contributed by atoms with Crippen molar-refractivity contribution in [3.05, 3.63) is 113 Å². The highest BCUT2D eigenvalue weighted by Gasteiger charge is 2.30. The molecule has 5 rings (SSSR count). The summed E-state index contributed by atoms with van der Waals surface area (Å²) in [6.07, 6.45) is 0. The average Bonchev–Trinajstić information content (AvgIpc) is 2.83. The largest absolute Gasteiger partial charge is 0.488 e. The summed E-state index contributed by atoms with van der Waals surface area (Å²) in [7, 11) is 1.42. The number of aryl methyl sites for hydroxylation is 1. The van der Waals surface area contributed by atoms with Gasteiger partial charge < -0.3 is 9.47 Å². The topological polar surface area (TPSA) is 35.5 Å². The van der Waals surface area contributed by atoms with Crippen LogP contribution >= 0.6 is 0 Å². The van der Waals surface area contributed by atoms with Crippen LogP contribution in [-0.2, 0) is 4.74 Å². The van der Waals surface area contributed by atoms with Gasteiger partial charge >= 0.3 is 5.97 Å². The second kappa shape index (κ2) is 7.77. The van der Waals surface area contributed by atoms with Gasteiger partial charge in [-0.05, 0) is 29.5 Å². The van der Waals surface area contributed by atoms with Crippen LogP contribution in [0, 0.1) is 6.92 Å². The Kier molecular flexibility index (Phi) is 4.79. The van der Waals surface area contributed by atoms with Gasteiger partial charge in [0.2, 0.25) is 0 Å². The van der Waals surface area contributed by atoms with E-state index in [1.54, 1.807) is 0 Å². The van der Waals surface area contributed by atoms with Crippen molar-refractivity contribution < 1.29 is 14.3 Å². The number of hydrogen-bond acceptors (Lipinski definition) is 3. The number of rotatable bonds is 3. The van der Waals surface area contributed by atoms with Crippen LogP contribution in [0.1, 0.15) is 32.6 Å². The van der Waals surface area contributed by atoms with E-state index >= 15 is 0 Å². The van der Waals surface area contributed by atoms with E-state index in [2.05, 4.69) is 42.5 Å². The molecule has 4 aromatic rings. The molecule has 0 fully saturated rings. The van der Waals surface area contributed by atoms with Crippen LogP contribution in [-0.4, -0.2) is 19.7 Å². The van der Waals surface area contributed by atoms with Crippen molar-refractivity contribution in [3.63, 3.8) is 0 Å². The molecular weight excluding hydrogens is 384 g/mol. The lowest BCUT2D eigenvalue weighted by Gasteiger charge is -2.28.